The minimum Gasteiger partial charge on any atom is -0.382 e. The summed E-state index contributed by atoms with van der Waals surface area (Å²) in [7, 11) is 0. The Hall–Kier alpha value is -1.38. The first-order valence-electron chi connectivity index (χ1n) is 7.65. The van der Waals surface area contributed by atoms with Crippen molar-refractivity contribution in [3.63, 3.8) is 0 Å². The maximum atomic E-state index is 5.54. The van der Waals surface area contributed by atoms with E-state index in [1.807, 2.05) is 6.92 Å². The lowest BCUT2D eigenvalue weighted by molar-refractivity contribution is 0.136. The number of benzene rings is 2. The zero-order valence-corrected chi connectivity index (χ0v) is 12.6. The zero-order chi connectivity index (χ0) is 14.2. The molecule has 0 heterocycles. The van der Waals surface area contributed by atoms with E-state index in [1.54, 1.807) is 0 Å². The molecular weight excluding hydrogens is 246 g/mol. The van der Waals surface area contributed by atoms with Crippen molar-refractivity contribution >= 4 is 10.8 Å². The third-order valence-electron chi connectivity index (χ3n) is 3.59. The van der Waals surface area contributed by atoms with E-state index in [4.69, 9.17) is 4.74 Å². The van der Waals surface area contributed by atoms with Gasteiger partial charge in [-0.15, -0.1) is 0 Å². The molecule has 0 bridgehead atoms. The van der Waals surface area contributed by atoms with Crippen molar-refractivity contribution in [2.75, 3.05) is 19.8 Å². The third-order valence-corrected chi connectivity index (χ3v) is 3.59. The fourth-order valence-electron chi connectivity index (χ4n) is 2.59. The summed E-state index contributed by atoms with van der Waals surface area (Å²) in [4.78, 5) is 0. The average Bonchev–Trinajstić information content (AvgIpc) is 2.50. The second kappa shape index (κ2) is 8.03. The topological polar surface area (TPSA) is 21.3 Å². The Morgan fingerprint density at radius 2 is 1.85 bits per heavy atom. The largest absolute Gasteiger partial charge is 0.382 e. The first-order valence-corrected chi connectivity index (χ1v) is 7.65. The molecule has 2 aromatic rings. The van der Waals surface area contributed by atoms with Crippen LogP contribution in [0, 0.1) is 0 Å². The Labute approximate surface area is 122 Å². The van der Waals surface area contributed by atoms with Gasteiger partial charge in [0.1, 0.15) is 0 Å². The predicted octanol–water partition coefficient (Wildman–Crippen LogP) is 4.31. The van der Waals surface area contributed by atoms with E-state index in [9.17, 15) is 0 Å². The first-order chi connectivity index (χ1) is 9.86. The normalized spacial score (nSPS) is 12.7. The molecule has 2 rings (SSSR count). The minimum absolute atomic E-state index is 0.368. The van der Waals surface area contributed by atoms with E-state index in [-0.39, 0.29) is 0 Å². The molecule has 2 nitrogen and oxygen atoms in total. The van der Waals surface area contributed by atoms with Crippen LogP contribution in [0.2, 0.25) is 0 Å². The fourth-order valence-corrected chi connectivity index (χ4v) is 2.59. The minimum atomic E-state index is 0.368. The number of rotatable bonds is 8. The van der Waals surface area contributed by atoms with Crippen LogP contribution in [-0.2, 0) is 4.74 Å². The van der Waals surface area contributed by atoms with Gasteiger partial charge in [-0.1, -0.05) is 49.4 Å². The van der Waals surface area contributed by atoms with E-state index >= 15 is 0 Å². The van der Waals surface area contributed by atoms with E-state index in [2.05, 4.69) is 54.7 Å². The van der Waals surface area contributed by atoms with E-state index in [0.29, 0.717) is 6.04 Å². The van der Waals surface area contributed by atoms with Crippen LogP contribution in [0.3, 0.4) is 0 Å². The first kappa shape index (κ1) is 15.0. The van der Waals surface area contributed by atoms with Crippen molar-refractivity contribution in [1.29, 1.82) is 0 Å². The molecule has 1 atom stereocenters. The number of nitrogens with one attached hydrogen (secondary N) is 1. The van der Waals surface area contributed by atoms with Crippen LogP contribution in [0.1, 0.15) is 38.3 Å². The monoisotopic (exact) mass is 271 g/mol. The number of ether oxygens (including phenoxy) is 1. The van der Waals surface area contributed by atoms with Gasteiger partial charge in [0.15, 0.2) is 0 Å². The van der Waals surface area contributed by atoms with Gasteiger partial charge >= 0.3 is 0 Å². The molecule has 0 fully saturated rings. The molecule has 1 N–H and O–H groups in total. The van der Waals surface area contributed by atoms with Gasteiger partial charge in [-0.05, 0) is 42.6 Å². The fraction of sp³-hybridized carbons (Fsp3) is 0.444. The Kier molecular flexibility index (Phi) is 6.03. The maximum absolute atomic E-state index is 5.54. The summed E-state index contributed by atoms with van der Waals surface area (Å²) in [5.74, 6) is 0. The average molecular weight is 271 g/mol. The van der Waals surface area contributed by atoms with Crippen LogP contribution in [-0.4, -0.2) is 19.8 Å². The van der Waals surface area contributed by atoms with Crippen molar-refractivity contribution in [3.05, 3.63) is 48.0 Å². The SMILES string of the molecule is CCCNC(CCOCC)c1cccc2ccccc12. The number of fused-ring (bicyclic) bond motifs is 1. The van der Waals surface area contributed by atoms with Crippen molar-refractivity contribution in [2.24, 2.45) is 0 Å². The number of hydrogen-bond donors (Lipinski definition) is 1. The number of hydrogen-bond acceptors (Lipinski definition) is 2. The van der Waals surface area contributed by atoms with Gasteiger partial charge in [0.05, 0.1) is 0 Å². The molecule has 0 amide bonds. The highest BCUT2D eigenvalue weighted by Gasteiger charge is 2.13. The predicted molar refractivity (Wildman–Crippen MR) is 86.1 cm³/mol. The Balaban J connectivity index is 2.24. The van der Waals surface area contributed by atoms with Crippen LogP contribution < -0.4 is 5.32 Å². The molecule has 0 aromatic heterocycles. The van der Waals surface area contributed by atoms with Gasteiger partial charge in [0.25, 0.3) is 0 Å². The standard InChI is InChI=1S/C18H25NO/c1-3-13-19-18(12-14-20-4-2)17-11-7-9-15-8-5-6-10-16(15)17/h5-11,18-19H,3-4,12-14H2,1-2H3. The smallest absolute Gasteiger partial charge is 0.0484 e. The summed E-state index contributed by atoms with van der Waals surface area (Å²) >= 11 is 0. The molecule has 1 unspecified atom stereocenters. The summed E-state index contributed by atoms with van der Waals surface area (Å²) < 4.78 is 5.54. The van der Waals surface area contributed by atoms with Crippen LogP contribution in [0.25, 0.3) is 10.8 Å². The maximum Gasteiger partial charge on any atom is 0.0484 e. The second-order valence-corrected chi connectivity index (χ2v) is 5.06. The molecule has 0 saturated heterocycles. The molecule has 20 heavy (non-hydrogen) atoms. The molecule has 2 heteroatoms. The van der Waals surface area contributed by atoms with E-state index in [1.165, 1.54) is 16.3 Å². The summed E-state index contributed by atoms with van der Waals surface area (Å²) in [5.41, 5.74) is 1.39. The van der Waals surface area contributed by atoms with Gasteiger partial charge in [0, 0.05) is 19.3 Å². The summed E-state index contributed by atoms with van der Waals surface area (Å²) in [5, 5.41) is 6.31. The van der Waals surface area contributed by atoms with Crippen molar-refractivity contribution in [1.82, 2.24) is 5.32 Å². The van der Waals surface area contributed by atoms with Gasteiger partial charge in [-0.2, -0.15) is 0 Å². The molecule has 0 aliphatic carbocycles. The third kappa shape index (κ3) is 3.81. The van der Waals surface area contributed by atoms with Crippen molar-refractivity contribution < 1.29 is 4.74 Å². The summed E-state index contributed by atoms with van der Waals surface area (Å²) in [6, 6.07) is 15.5. The van der Waals surface area contributed by atoms with Crippen LogP contribution in [0.5, 0.6) is 0 Å². The quantitative estimate of drug-likeness (QED) is 0.722. The van der Waals surface area contributed by atoms with E-state index in [0.717, 1.165) is 32.6 Å². The van der Waals surface area contributed by atoms with E-state index < -0.39 is 0 Å². The molecule has 0 aliphatic heterocycles. The van der Waals surface area contributed by atoms with Crippen LogP contribution >= 0.6 is 0 Å². The second-order valence-electron chi connectivity index (χ2n) is 5.06. The van der Waals surface area contributed by atoms with Gasteiger partial charge in [-0.25, -0.2) is 0 Å². The molecule has 108 valence electrons. The Morgan fingerprint density at radius 3 is 2.65 bits per heavy atom. The summed E-state index contributed by atoms with van der Waals surface area (Å²) in [6.07, 6.45) is 2.16. The highest BCUT2D eigenvalue weighted by molar-refractivity contribution is 5.86. The summed E-state index contributed by atoms with van der Waals surface area (Å²) in [6.45, 7) is 6.89. The molecule has 0 aliphatic rings. The molecule has 0 spiro atoms. The molecule has 0 saturated carbocycles. The highest BCUT2D eigenvalue weighted by Crippen LogP contribution is 2.26. The lowest BCUT2D eigenvalue weighted by atomic mass is 9.97. The van der Waals surface area contributed by atoms with Crippen LogP contribution in [0.15, 0.2) is 42.5 Å². The van der Waals surface area contributed by atoms with Crippen molar-refractivity contribution in [2.45, 2.75) is 32.7 Å². The Morgan fingerprint density at radius 1 is 1.05 bits per heavy atom. The van der Waals surface area contributed by atoms with Crippen LogP contribution in [0.4, 0.5) is 0 Å². The lowest BCUT2D eigenvalue weighted by Gasteiger charge is -2.20. The lowest BCUT2D eigenvalue weighted by Crippen LogP contribution is -2.23. The molecule has 2 aromatic carbocycles. The molecule has 0 radical (unpaired) electrons. The molecular formula is C18H25NO. The highest BCUT2D eigenvalue weighted by atomic mass is 16.5. The van der Waals surface area contributed by atoms with Gasteiger partial charge < -0.3 is 10.1 Å². The van der Waals surface area contributed by atoms with Gasteiger partial charge in [0.2, 0.25) is 0 Å². The van der Waals surface area contributed by atoms with Crippen molar-refractivity contribution in [3.8, 4) is 0 Å². The Bertz CT molecular complexity index is 518. The zero-order valence-electron chi connectivity index (χ0n) is 12.6. The van der Waals surface area contributed by atoms with Gasteiger partial charge in [-0.3, -0.25) is 0 Å².